The number of esters is 1. The number of carbonyl (C=O) groups excluding carboxylic acids is 1. The highest BCUT2D eigenvalue weighted by atomic mass is 35.5. The summed E-state index contributed by atoms with van der Waals surface area (Å²) in [6.45, 7) is 2.51. The van der Waals surface area contributed by atoms with Gasteiger partial charge in [0.2, 0.25) is 0 Å². The Labute approximate surface area is 84.6 Å². The normalized spacial score (nSPS) is 8.77. The highest BCUT2D eigenvalue weighted by molar-refractivity contribution is 6.17. The van der Waals surface area contributed by atoms with Crippen molar-refractivity contribution < 1.29 is 9.53 Å². The van der Waals surface area contributed by atoms with Crippen LogP contribution in [0.2, 0.25) is 0 Å². The van der Waals surface area contributed by atoms with E-state index in [1.54, 1.807) is 0 Å². The van der Waals surface area contributed by atoms with Gasteiger partial charge in [0.05, 0.1) is 6.61 Å². The maximum atomic E-state index is 10.9. The highest BCUT2D eigenvalue weighted by Crippen LogP contribution is 1.90. The number of hydrogen-bond donors (Lipinski definition) is 0. The zero-order chi connectivity index (χ0) is 9.94. The summed E-state index contributed by atoms with van der Waals surface area (Å²) in [5, 5.41) is 0. The molecule has 0 aromatic heterocycles. The molecular formula is C10H15ClO2. The van der Waals surface area contributed by atoms with Gasteiger partial charge in [-0.15, -0.1) is 11.6 Å². The first kappa shape index (κ1) is 12.3. The molecule has 0 heterocycles. The SMILES string of the molecule is CCCCOC(=O)C#CCCCCl. The summed E-state index contributed by atoms with van der Waals surface area (Å²) in [5.74, 6) is 5.27. The molecule has 0 aliphatic rings. The van der Waals surface area contributed by atoms with E-state index in [4.69, 9.17) is 16.3 Å². The van der Waals surface area contributed by atoms with Gasteiger partial charge in [0, 0.05) is 18.2 Å². The second-order valence-corrected chi connectivity index (χ2v) is 2.96. The lowest BCUT2D eigenvalue weighted by atomic mass is 10.3. The maximum Gasteiger partial charge on any atom is 0.384 e. The molecule has 0 saturated heterocycles. The molecule has 0 spiro atoms. The second kappa shape index (κ2) is 9.41. The molecule has 0 unspecified atom stereocenters. The van der Waals surface area contributed by atoms with Crippen LogP contribution in [0.1, 0.15) is 32.6 Å². The van der Waals surface area contributed by atoms with Crippen molar-refractivity contribution in [3.05, 3.63) is 0 Å². The number of alkyl halides is 1. The van der Waals surface area contributed by atoms with Crippen molar-refractivity contribution in [2.45, 2.75) is 32.6 Å². The lowest BCUT2D eigenvalue weighted by molar-refractivity contribution is -0.136. The van der Waals surface area contributed by atoms with E-state index >= 15 is 0 Å². The lowest BCUT2D eigenvalue weighted by Crippen LogP contribution is -2.02. The molecule has 13 heavy (non-hydrogen) atoms. The second-order valence-electron chi connectivity index (χ2n) is 2.58. The van der Waals surface area contributed by atoms with Gasteiger partial charge in [0.25, 0.3) is 0 Å². The molecule has 0 aliphatic heterocycles. The fourth-order valence-electron chi connectivity index (χ4n) is 0.635. The highest BCUT2D eigenvalue weighted by Gasteiger charge is 1.94. The van der Waals surface area contributed by atoms with Crippen LogP contribution >= 0.6 is 11.6 Å². The maximum absolute atomic E-state index is 10.9. The Morgan fingerprint density at radius 3 is 2.85 bits per heavy atom. The van der Waals surface area contributed by atoms with Crippen LogP contribution in [0.3, 0.4) is 0 Å². The van der Waals surface area contributed by atoms with Crippen molar-refractivity contribution in [3.8, 4) is 11.8 Å². The monoisotopic (exact) mass is 202 g/mol. The molecular weight excluding hydrogens is 188 g/mol. The van der Waals surface area contributed by atoms with E-state index < -0.39 is 5.97 Å². The average molecular weight is 203 g/mol. The minimum absolute atomic E-state index is 0.428. The van der Waals surface area contributed by atoms with Gasteiger partial charge in [-0.2, -0.15) is 0 Å². The minimum Gasteiger partial charge on any atom is -0.456 e. The summed E-state index contributed by atoms with van der Waals surface area (Å²) < 4.78 is 4.82. The van der Waals surface area contributed by atoms with Gasteiger partial charge in [-0.3, -0.25) is 0 Å². The molecule has 0 radical (unpaired) electrons. The Morgan fingerprint density at radius 1 is 1.46 bits per heavy atom. The third-order valence-electron chi connectivity index (χ3n) is 1.36. The van der Waals surface area contributed by atoms with Crippen LogP contribution < -0.4 is 0 Å². The summed E-state index contributed by atoms with van der Waals surface area (Å²) in [7, 11) is 0. The Kier molecular flexibility index (Phi) is 8.92. The minimum atomic E-state index is -0.428. The number of rotatable bonds is 5. The predicted molar refractivity (Wildman–Crippen MR) is 53.6 cm³/mol. The summed E-state index contributed by atoms with van der Waals surface area (Å²) in [4.78, 5) is 10.9. The van der Waals surface area contributed by atoms with Crippen LogP contribution in [-0.2, 0) is 9.53 Å². The first-order chi connectivity index (χ1) is 6.31. The van der Waals surface area contributed by atoms with E-state index in [1.165, 1.54) is 0 Å². The van der Waals surface area contributed by atoms with E-state index in [1.807, 2.05) is 6.92 Å². The van der Waals surface area contributed by atoms with Crippen molar-refractivity contribution in [2.24, 2.45) is 0 Å². The first-order valence-corrected chi connectivity index (χ1v) is 5.06. The number of ether oxygens (including phenoxy) is 1. The fraction of sp³-hybridized carbons (Fsp3) is 0.700. The van der Waals surface area contributed by atoms with E-state index in [0.29, 0.717) is 18.9 Å². The lowest BCUT2D eigenvalue weighted by Gasteiger charge is -1.96. The summed E-state index contributed by atoms with van der Waals surface area (Å²) in [6.07, 6.45) is 3.39. The molecule has 0 aromatic carbocycles. The van der Waals surface area contributed by atoms with Crippen molar-refractivity contribution in [3.63, 3.8) is 0 Å². The molecule has 0 saturated carbocycles. The van der Waals surface area contributed by atoms with Gasteiger partial charge in [-0.25, -0.2) is 4.79 Å². The van der Waals surface area contributed by atoms with Crippen molar-refractivity contribution in [1.82, 2.24) is 0 Å². The molecule has 2 nitrogen and oxygen atoms in total. The van der Waals surface area contributed by atoms with Crippen LogP contribution in [0.5, 0.6) is 0 Å². The van der Waals surface area contributed by atoms with Crippen molar-refractivity contribution in [2.75, 3.05) is 12.5 Å². The number of carbonyl (C=O) groups is 1. The summed E-state index contributed by atoms with van der Waals surface area (Å²) in [5.41, 5.74) is 0. The quantitative estimate of drug-likeness (QED) is 0.225. The van der Waals surface area contributed by atoms with Crippen LogP contribution in [0, 0.1) is 11.8 Å². The standard InChI is InChI=1S/C10H15ClO2/c1-2-3-9-13-10(12)7-5-4-6-8-11/h2-4,6,8-9H2,1H3. The van der Waals surface area contributed by atoms with Crippen molar-refractivity contribution in [1.29, 1.82) is 0 Å². The first-order valence-electron chi connectivity index (χ1n) is 4.52. The Balaban J connectivity index is 3.41. The van der Waals surface area contributed by atoms with E-state index in [9.17, 15) is 4.79 Å². The zero-order valence-electron chi connectivity index (χ0n) is 7.94. The molecule has 0 amide bonds. The summed E-state index contributed by atoms with van der Waals surface area (Å²) in [6, 6.07) is 0. The van der Waals surface area contributed by atoms with Gasteiger partial charge in [-0.05, 0) is 12.8 Å². The third-order valence-corrected chi connectivity index (χ3v) is 1.62. The van der Waals surface area contributed by atoms with Crippen LogP contribution in [0.4, 0.5) is 0 Å². The molecule has 3 heteroatoms. The topological polar surface area (TPSA) is 26.3 Å². The van der Waals surface area contributed by atoms with Crippen LogP contribution in [0.25, 0.3) is 0 Å². The number of unbranched alkanes of at least 4 members (excludes halogenated alkanes) is 2. The molecule has 0 fully saturated rings. The Morgan fingerprint density at radius 2 is 2.23 bits per heavy atom. The molecule has 0 atom stereocenters. The average Bonchev–Trinajstić information content (AvgIpc) is 2.13. The summed E-state index contributed by atoms with van der Waals surface area (Å²) >= 11 is 5.44. The van der Waals surface area contributed by atoms with Crippen LogP contribution in [0.15, 0.2) is 0 Å². The molecule has 0 aromatic rings. The van der Waals surface area contributed by atoms with Gasteiger partial charge in [-0.1, -0.05) is 19.3 Å². The Hall–Kier alpha value is -0.680. The molecule has 0 N–H and O–H groups in total. The van der Waals surface area contributed by atoms with Gasteiger partial charge in [0.1, 0.15) is 0 Å². The fourth-order valence-corrected chi connectivity index (χ4v) is 0.769. The number of halogens is 1. The predicted octanol–water partition coefficient (Wildman–Crippen LogP) is 2.35. The van der Waals surface area contributed by atoms with Gasteiger partial charge >= 0.3 is 5.97 Å². The van der Waals surface area contributed by atoms with E-state index in [0.717, 1.165) is 19.3 Å². The molecule has 74 valence electrons. The molecule has 0 rings (SSSR count). The van der Waals surface area contributed by atoms with E-state index in [2.05, 4.69) is 11.8 Å². The zero-order valence-corrected chi connectivity index (χ0v) is 8.69. The van der Waals surface area contributed by atoms with Gasteiger partial charge in [0.15, 0.2) is 0 Å². The third kappa shape index (κ3) is 9.23. The van der Waals surface area contributed by atoms with E-state index in [-0.39, 0.29) is 0 Å². The smallest absolute Gasteiger partial charge is 0.384 e. The number of hydrogen-bond acceptors (Lipinski definition) is 2. The molecule has 0 aliphatic carbocycles. The van der Waals surface area contributed by atoms with Gasteiger partial charge < -0.3 is 4.74 Å². The molecule has 0 bridgehead atoms. The van der Waals surface area contributed by atoms with Crippen LogP contribution in [-0.4, -0.2) is 18.5 Å². The largest absolute Gasteiger partial charge is 0.456 e. The Bertz CT molecular complexity index is 191. The van der Waals surface area contributed by atoms with Crippen molar-refractivity contribution >= 4 is 17.6 Å².